The summed E-state index contributed by atoms with van der Waals surface area (Å²) in [5.41, 5.74) is 0.732. The number of phenols is 1. The van der Waals surface area contributed by atoms with Crippen LogP contribution in [0.3, 0.4) is 0 Å². The molecule has 0 aromatic heterocycles. The third-order valence-electron chi connectivity index (χ3n) is 3.59. The van der Waals surface area contributed by atoms with Crippen LogP contribution in [0.5, 0.6) is 5.75 Å². The second-order valence-electron chi connectivity index (χ2n) is 4.52. The molecule has 1 saturated carbocycles. The van der Waals surface area contributed by atoms with E-state index in [0.717, 1.165) is 31.2 Å². The third kappa shape index (κ3) is 1.86. The van der Waals surface area contributed by atoms with Crippen molar-refractivity contribution in [3.8, 4) is 5.75 Å². The third-order valence-corrected chi connectivity index (χ3v) is 3.59. The molecule has 0 radical (unpaired) electrons. The first-order valence-corrected chi connectivity index (χ1v) is 5.68. The fourth-order valence-corrected chi connectivity index (χ4v) is 2.66. The zero-order chi connectivity index (χ0) is 10.7. The maximum atomic E-state index is 9.85. The Balaban J connectivity index is 2.36. The van der Waals surface area contributed by atoms with E-state index in [1.54, 1.807) is 6.07 Å². The van der Waals surface area contributed by atoms with Crippen LogP contribution >= 0.6 is 0 Å². The molecule has 82 valence electrons. The Morgan fingerprint density at radius 1 is 1.07 bits per heavy atom. The molecule has 2 rings (SSSR count). The van der Waals surface area contributed by atoms with Gasteiger partial charge in [-0.05, 0) is 18.9 Å². The van der Waals surface area contributed by atoms with Gasteiger partial charge in [-0.3, -0.25) is 0 Å². The van der Waals surface area contributed by atoms with E-state index in [1.807, 2.05) is 18.2 Å². The molecule has 2 heteroatoms. The summed E-state index contributed by atoms with van der Waals surface area (Å²) in [6.07, 6.45) is 5.52. The number of aliphatic hydroxyl groups is 1. The molecule has 0 bridgehead atoms. The van der Waals surface area contributed by atoms with E-state index in [2.05, 4.69) is 0 Å². The Morgan fingerprint density at radius 3 is 2.33 bits per heavy atom. The minimum atomic E-state index is -0.191. The van der Waals surface area contributed by atoms with E-state index >= 15 is 0 Å². The summed E-state index contributed by atoms with van der Waals surface area (Å²) in [4.78, 5) is 0. The van der Waals surface area contributed by atoms with Crippen LogP contribution < -0.4 is 0 Å². The fraction of sp³-hybridized carbons (Fsp3) is 0.538. The highest BCUT2D eigenvalue weighted by Gasteiger charge is 2.34. The molecule has 0 aliphatic heterocycles. The molecule has 1 aromatic carbocycles. The monoisotopic (exact) mass is 206 g/mol. The summed E-state index contributed by atoms with van der Waals surface area (Å²) >= 11 is 0. The molecule has 2 N–H and O–H groups in total. The zero-order valence-electron chi connectivity index (χ0n) is 8.95. The Morgan fingerprint density at radius 2 is 1.73 bits per heavy atom. The highest BCUT2D eigenvalue weighted by atomic mass is 16.3. The van der Waals surface area contributed by atoms with E-state index in [1.165, 1.54) is 6.42 Å². The van der Waals surface area contributed by atoms with Crippen molar-refractivity contribution in [3.05, 3.63) is 29.8 Å². The molecule has 0 atom stereocenters. The molecule has 0 saturated heterocycles. The summed E-state index contributed by atoms with van der Waals surface area (Å²) in [6.45, 7) is 0.143. The largest absolute Gasteiger partial charge is 0.508 e. The highest BCUT2D eigenvalue weighted by molar-refractivity contribution is 5.39. The predicted molar refractivity (Wildman–Crippen MR) is 60.0 cm³/mol. The van der Waals surface area contributed by atoms with E-state index in [4.69, 9.17) is 0 Å². The lowest BCUT2D eigenvalue weighted by Crippen LogP contribution is -2.33. The molecule has 1 aliphatic carbocycles. The number of phenolic OH excluding ortho intramolecular Hbond substituents is 1. The molecule has 1 aliphatic rings. The van der Waals surface area contributed by atoms with Crippen LogP contribution in [0.25, 0.3) is 0 Å². The maximum Gasteiger partial charge on any atom is 0.119 e. The van der Waals surface area contributed by atoms with Crippen molar-refractivity contribution >= 4 is 0 Å². The van der Waals surface area contributed by atoms with Gasteiger partial charge in [-0.15, -0.1) is 0 Å². The molecule has 2 nitrogen and oxygen atoms in total. The van der Waals surface area contributed by atoms with Crippen molar-refractivity contribution in [2.45, 2.75) is 37.5 Å². The van der Waals surface area contributed by atoms with Gasteiger partial charge in [0.05, 0.1) is 6.61 Å². The number of hydrogen-bond donors (Lipinski definition) is 2. The SMILES string of the molecule is OCC1(c2ccccc2O)CCCCC1. The predicted octanol–water partition coefficient (Wildman–Crippen LogP) is 2.59. The van der Waals surface area contributed by atoms with E-state index < -0.39 is 0 Å². The Labute approximate surface area is 90.6 Å². The van der Waals surface area contributed by atoms with Crippen LogP contribution in [0.2, 0.25) is 0 Å². The van der Waals surface area contributed by atoms with Gasteiger partial charge in [-0.25, -0.2) is 0 Å². The summed E-state index contributed by atoms with van der Waals surface area (Å²) in [5, 5.41) is 19.5. The van der Waals surface area contributed by atoms with Crippen LogP contribution in [-0.2, 0) is 5.41 Å². The topological polar surface area (TPSA) is 40.5 Å². The lowest BCUT2D eigenvalue weighted by Gasteiger charge is -2.36. The Hall–Kier alpha value is -1.02. The van der Waals surface area contributed by atoms with Crippen LogP contribution in [0, 0.1) is 0 Å². The zero-order valence-corrected chi connectivity index (χ0v) is 8.95. The fourth-order valence-electron chi connectivity index (χ4n) is 2.66. The van der Waals surface area contributed by atoms with Gasteiger partial charge in [-0.1, -0.05) is 37.5 Å². The van der Waals surface area contributed by atoms with Crippen molar-refractivity contribution < 1.29 is 10.2 Å². The van der Waals surface area contributed by atoms with Crippen molar-refractivity contribution in [1.82, 2.24) is 0 Å². The van der Waals surface area contributed by atoms with Gasteiger partial charge < -0.3 is 10.2 Å². The molecular formula is C13H18O2. The summed E-state index contributed by atoms with van der Waals surface area (Å²) in [7, 11) is 0. The van der Waals surface area contributed by atoms with E-state index in [0.29, 0.717) is 5.75 Å². The first kappa shape index (κ1) is 10.5. The number of benzene rings is 1. The van der Waals surface area contributed by atoms with Gasteiger partial charge in [0.15, 0.2) is 0 Å². The molecule has 1 aromatic rings. The lowest BCUT2D eigenvalue weighted by molar-refractivity contribution is 0.149. The minimum absolute atomic E-state index is 0.143. The lowest BCUT2D eigenvalue weighted by atomic mass is 9.70. The van der Waals surface area contributed by atoms with Gasteiger partial charge >= 0.3 is 0 Å². The van der Waals surface area contributed by atoms with Crippen molar-refractivity contribution in [2.24, 2.45) is 0 Å². The average Bonchev–Trinajstić information content (AvgIpc) is 2.30. The van der Waals surface area contributed by atoms with Crippen molar-refractivity contribution in [3.63, 3.8) is 0 Å². The number of rotatable bonds is 2. The molecule has 0 heterocycles. The number of hydrogen-bond acceptors (Lipinski definition) is 2. The van der Waals surface area contributed by atoms with Crippen molar-refractivity contribution in [1.29, 1.82) is 0 Å². The van der Waals surface area contributed by atoms with Crippen molar-refractivity contribution in [2.75, 3.05) is 6.61 Å². The normalized spacial score (nSPS) is 20.1. The van der Waals surface area contributed by atoms with Gasteiger partial charge in [0.25, 0.3) is 0 Å². The number of para-hydroxylation sites is 1. The second-order valence-corrected chi connectivity index (χ2v) is 4.52. The van der Waals surface area contributed by atoms with Gasteiger partial charge in [0, 0.05) is 11.0 Å². The first-order chi connectivity index (χ1) is 7.28. The molecule has 15 heavy (non-hydrogen) atoms. The summed E-state index contributed by atoms with van der Waals surface area (Å²) in [6, 6.07) is 7.41. The second kappa shape index (κ2) is 4.23. The summed E-state index contributed by atoms with van der Waals surface area (Å²) in [5.74, 6) is 0.327. The van der Waals surface area contributed by atoms with Gasteiger partial charge in [0.1, 0.15) is 5.75 Å². The number of aliphatic hydroxyl groups excluding tert-OH is 1. The van der Waals surface area contributed by atoms with Gasteiger partial charge in [-0.2, -0.15) is 0 Å². The van der Waals surface area contributed by atoms with Crippen LogP contribution in [-0.4, -0.2) is 16.8 Å². The smallest absolute Gasteiger partial charge is 0.119 e. The maximum absolute atomic E-state index is 9.85. The quantitative estimate of drug-likeness (QED) is 0.780. The number of aromatic hydroxyl groups is 1. The molecule has 0 amide bonds. The molecular weight excluding hydrogens is 188 g/mol. The van der Waals surface area contributed by atoms with E-state index in [9.17, 15) is 10.2 Å². The summed E-state index contributed by atoms with van der Waals surface area (Å²) < 4.78 is 0. The van der Waals surface area contributed by atoms with Crippen LogP contribution in [0.15, 0.2) is 24.3 Å². The average molecular weight is 206 g/mol. The Kier molecular flexibility index (Phi) is 2.96. The minimum Gasteiger partial charge on any atom is -0.508 e. The Bertz CT molecular complexity index is 327. The first-order valence-electron chi connectivity index (χ1n) is 5.68. The standard InChI is InChI=1S/C13H18O2/c14-10-13(8-4-1-5-9-13)11-6-2-3-7-12(11)15/h2-3,6-7,14-15H,1,4-5,8-10H2. The van der Waals surface area contributed by atoms with Gasteiger partial charge in [0.2, 0.25) is 0 Å². The van der Waals surface area contributed by atoms with E-state index in [-0.39, 0.29) is 12.0 Å². The highest BCUT2D eigenvalue weighted by Crippen LogP contribution is 2.42. The van der Waals surface area contributed by atoms with Crippen LogP contribution in [0.1, 0.15) is 37.7 Å². The molecule has 1 fully saturated rings. The molecule has 0 spiro atoms. The van der Waals surface area contributed by atoms with Crippen LogP contribution in [0.4, 0.5) is 0 Å². The molecule has 0 unspecified atom stereocenters.